The second-order valence-electron chi connectivity index (χ2n) is 4.77. The normalized spacial score (nSPS) is 44.3. The highest BCUT2D eigenvalue weighted by Crippen LogP contribution is 2.44. The zero-order valence-electron chi connectivity index (χ0n) is 8.70. The van der Waals surface area contributed by atoms with E-state index in [-0.39, 0.29) is 0 Å². The summed E-state index contributed by atoms with van der Waals surface area (Å²) in [5, 5.41) is 18.9. The molecule has 1 saturated heterocycles. The van der Waals surface area contributed by atoms with E-state index in [0.29, 0.717) is 0 Å². The second-order valence-corrected chi connectivity index (χ2v) is 4.77. The van der Waals surface area contributed by atoms with Crippen molar-refractivity contribution in [3.05, 3.63) is 0 Å². The Hall–Kier alpha value is -0.125. The van der Waals surface area contributed by atoms with E-state index in [1.54, 1.807) is 20.8 Å². The number of aliphatic hydroxyl groups is 2. The molecule has 14 heavy (non-hydrogen) atoms. The van der Waals surface area contributed by atoms with Crippen molar-refractivity contribution < 1.29 is 19.3 Å². The van der Waals surface area contributed by atoms with Gasteiger partial charge in [0.05, 0.1) is 12.6 Å². The van der Waals surface area contributed by atoms with Crippen LogP contribution in [0.5, 0.6) is 0 Å². The van der Waals surface area contributed by atoms with E-state index < -0.39 is 35.9 Å². The van der Waals surface area contributed by atoms with Gasteiger partial charge in [-0.25, -0.2) is 4.39 Å². The van der Waals surface area contributed by atoms with Crippen LogP contribution in [0.2, 0.25) is 0 Å². The number of rotatable bonds is 1. The molecule has 0 bridgehead atoms. The Labute approximate surface area is 84.7 Å². The van der Waals surface area contributed by atoms with Gasteiger partial charge in [0, 0.05) is 0 Å². The summed E-state index contributed by atoms with van der Waals surface area (Å²) in [6, 6.07) is -1.17. The molecule has 80 valence electrons. The molecule has 0 aromatic heterocycles. The predicted molar refractivity (Wildman–Crippen MR) is 50.8 cm³/mol. The van der Waals surface area contributed by atoms with Gasteiger partial charge in [0.1, 0.15) is 25.7 Å². The van der Waals surface area contributed by atoms with Crippen molar-refractivity contribution >= 4 is 7.85 Å². The van der Waals surface area contributed by atoms with Gasteiger partial charge in [0.15, 0.2) is 0 Å². The molecular formula is C9H16BFO3. The van der Waals surface area contributed by atoms with Crippen LogP contribution < -0.4 is 0 Å². The standard InChI is InChI=1S/C9H16BFO3/c1-8(2,3)9(4-12)6(13)5(11)7(10)14-9/h5-7,12-13H,4H2,1-3H3. The molecule has 0 amide bonds. The maximum Gasteiger partial charge on any atom is 0.146 e. The number of hydrogen-bond acceptors (Lipinski definition) is 3. The lowest BCUT2D eigenvalue weighted by Crippen LogP contribution is -2.55. The molecule has 1 fully saturated rings. The van der Waals surface area contributed by atoms with Gasteiger partial charge in [-0.2, -0.15) is 0 Å². The van der Waals surface area contributed by atoms with E-state index in [0.717, 1.165) is 0 Å². The van der Waals surface area contributed by atoms with E-state index in [4.69, 9.17) is 12.6 Å². The molecule has 0 spiro atoms. The van der Waals surface area contributed by atoms with Crippen LogP contribution in [-0.2, 0) is 4.74 Å². The molecule has 2 N–H and O–H groups in total. The second kappa shape index (κ2) is 3.47. The summed E-state index contributed by atoms with van der Waals surface area (Å²) in [4.78, 5) is 0. The topological polar surface area (TPSA) is 49.7 Å². The lowest BCUT2D eigenvalue weighted by molar-refractivity contribution is -0.160. The molecule has 0 aliphatic carbocycles. The first-order valence-corrected chi connectivity index (χ1v) is 4.62. The zero-order valence-corrected chi connectivity index (χ0v) is 8.70. The first-order valence-electron chi connectivity index (χ1n) is 4.62. The Morgan fingerprint density at radius 2 is 2.00 bits per heavy atom. The molecule has 4 atom stereocenters. The molecule has 0 saturated carbocycles. The van der Waals surface area contributed by atoms with Crippen molar-refractivity contribution in [2.45, 2.75) is 44.7 Å². The van der Waals surface area contributed by atoms with Crippen molar-refractivity contribution in [1.82, 2.24) is 0 Å². The fraction of sp³-hybridized carbons (Fsp3) is 1.00. The van der Waals surface area contributed by atoms with Gasteiger partial charge < -0.3 is 14.9 Å². The third-order valence-electron chi connectivity index (χ3n) is 2.94. The minimum Gasteiger partial charge on any atom is -0.393 e. The molecule has 3 nitrogen and oxygen atoms in total. The van der Waals surface area contributed by atoms with Crippen molar-refractivity contribution in [1.29, 1.82) is 0 Å². The SMILES string of the molecule is [B]C1OC(CO)(C(C)(C)C)C(O)C1F. The van der Waals surface area contributed by atoms with E-state index in [1.807, 2.05) is 0 Å². The van der Waals surface area contributed by atoms with E-state index in [9.17, 15) is 14.6 Å². The Morgan fingerprint density at radius 1 is 1.50 bits per heavy atom. The van der Waals surface area contributed by atoms with Crippen LogP contribution >= 0.6 is 0 Å². The monoisotopic (exact) mass is 202 g/mol. The van der Waals surface area contributed by atoms with Crippen LogP contribution in [0.25, 0.3) is 0 Å². The van der Waals surface area contributed by atoms with Crippen LogP contribution in [0.3, 0.4) is 0 Å². The first-order chi connectivity index (χ1) is 6.26. The van der Waals surface area contributed by atoms with Crippen molar-refractivity contribution in [3.63, 3.8) is 0 Å². The van der Waals surface area contributed by atoms with E-state index in [2.05, 4.69) is 0 Å². The third kappa shape index (κ3) is 1.47. The molecule has 1 aliphatic heterocycles. The summed E-state index contributed by atoms with van der Waals surface area (Å²) in [5.41, 5.74) is -1.90. The fourth-order valence-corrected chi connectivity index (χ4v) is 1.80. The molecule has 1 rings (SSSR count). The number of alkyl halides is 1. The summed E-state index contributed by atoms with van der Waals surface area (Å²) in [7, 11) is 5.35. The van der Waals surface area contributed by atoms with Crippen molar-refractivity contribution in [2.24, 2.45) is 5.41 Å². The van der Waals surface area contributed by atoms with Crippen molar-refractivity contribution in [2.75, 3.05) is 6.61 Å². The van der Waals surface area contributed by atoms with Gasteiger partial charge in [-0.1, -0.05) is 20.8 Å². The average Bonchev–Trinajstić information content (AvgIpc) is 2.29. The van der Waals surface area contributed by atoms with Crippen LogP contribution in [0, 0.1) is 5.41 Å². The first kappa shape index (κ1) is 11.9. The van der Waals surface area contributed by atoms with Gasteiger partial charge in [0.2, 0.25) is 0 Å². The quantitative estimate of drug-likeness (QED) is 0.588. The zero-order chi connectivity index (χ0) is 11.1. The minimum atomic E-state index is -1.65. The Bertz CT molecular complexity index is 219. The number of hydrogen-bond donors (Lipinski definition) is 2. The summed E-state index contributed by atoms with van der Waals surface area (Å²) in [6.07, 6.45) is -3.04. The molecule has 0 aromatic rings. The highest BCUT2D eigenvalue weighted by molar-refractivity contribution is 6.11. The molecular weight excluding hydrogens is 186 g/mol. The molecule has 1 heterocycles. The molecule has 2 radical (unpaired) electrons. The summed E-state index contributed by atoms with van der Waals surface area (Å²) in [5.74, 6) is 0. The lowest BCUT2D eigenvalue weighted by Gasteiger charge is -2.42. The maximum absolute atomic E-state index is 13.3. The smallest absolute Gasteiger partial charge is 0.146 e. The minimum absolute atomic E-state index is 0.453. The predicted octanol–water partition coefficient (Wildman–Crippen LogP) is -0.0126. The summed E-state index contributed by atoms with van der Waals surface area (Å²) < 4.78 is 18.5. The Morgan fingerprint density at radius 3 is 2.14 bits per heavy atom. The summed E-state index contributed by atoms with van der Waals surface area (Å²) >= 11 is 0. The molecule has 1 aliphatic rings. The largest absolute Gasteiger partial charge is 0.393 e. The van der Waals surface area contributed by atoms with Gasteiger partial charge in [0.25, 0.3) is 0 Å². The number of aliphatic hydroxyl groups excluding tert-OH is 2. The van der Waals surface area contributed by atoms with Crippen LogP contribution in [0.1, 0.15) is 20.8 Å². The Kier molecular flexibility index (Phi) is 2.96. The van der Waals surface area contributed by atoms with Gasteiger partial charge >= 0.3 is 0 Å². The molecule has 4 unspecified atom stereocenters. The van der Waals surface area contributed by atoms with Gasteiger partial charge in [-0.05, 0) is 5.41 Å². The highest BCUT2D eigenvalue weighted by Gasteiger charge is 2.58. The third-order valence-corrected chi connectivity index (χ3v) is 2.94. The van der Waals surface area contributed by atoms with Gasteiger partial charge in [-0.15, -0.1) is 0 Å². The van der Waals surface area contributed by atoms with Crippen LogP contribution in [0.15, 0.2) is 0 Å². The van der Waals surface area contributed by atoms with Crippen molar-refractivity contribution in [3.8, 4) is 0 Å². The maximum atomic E-state index is 13.3. The van der Waals surface area contributed by atoms with E-state index >= 15 is 0 Å². The van der Waals surface area contributed by atoms with Crippen LogP contribution in [0.4, 0.5) is 4.39 Å². The molecule has 0 aromatic carbocycles. The summed E-state index contributed by atoms with van der Waals surface area (Å²) in [6.45, 7) is 4.83. The van der Waals surface area contributed by atoms with Crippen LogP contribution in [-0.4, -0.2) is 48.5 Å². The number of ether oxygens (including phenoxy) is 1. The van der Waals surface area contributed by atoms with Gasteiger partial charge in [-0.3, -0.25) is 0 Å². The Balaban J connectivity index is 3.03. The average molecular weight is 202 g/mol. The molecule has 5 heteroatoms. The highest BCUT2D eigenvalue weighted by atomic mass is 19.1. The number of halogens is 1. The fourth-order valence-electron chi connectivity index (χ4n) is 1.80. The van der Waals surface area contributed by atoms with E-state index in [1.165, 1.54) is 0 Å². The lowest BCUT2D eigenvalue weighted by atomic mass is 9.73.